The Labute approximate surface area is 227 Å². The van der Waals surface area contributed by atoms with Gasteiger partial charge in [0.05, 0.1) is 14.2 Å². The molecule has 0 bridgehead atoms. The van der Waals surface area contributed by atoms with Gasteiger partial charge in [-0.3, -0.25) is 9.80 Å². The highest BCUT2D eigenvalue weighted by Gasteiger charge is 2.29. The number of hydrogen-bond donors (Lipinski definition) is 0. The summed E-state index contributed by atoms with van der Waals surface area (Å²) >= 11 is 0. The first-order valence-electron chi connectivity index (χ1n) is 14.2. The maximum absolute atomic E-state index is 5.42. The van der Waals surface area contributed by atoms with E-state index in [1.165, 1.54) is 84.5 Å². The molecule has 4 aromatic rings. The minimum absolute atomic E-state index is 0.893. The Morgan fingerprint density at radius 3 is 1.50 bits per heavy atom. The van der Waals surface area contributed by atoms with E-state index >= 15 is 0 Å². The first kappa shape index (κ1) is 25.2. The molecule has 0 aromatic heterocycles. The van der Waals surface area contributed by atoms with E-state index in [1.807, 2.05) is 6.07 Å². The maximum Gasteiger partial charge on any atom is 0.119 e. The van der Waals surface area contributed by atoms with Crippen molar-refractivity contribution in [3.05, 3.63) is 83.9 Å². The van der Waals surface area contributed by atoms with Gasteiger partial charge in [-0.05, 0) is 133 Å². The van der Waals surface area contributed by atoms with Crippen LogP contribution < -0.4 is 9.47 Å². The quantitative estimate of drug-likeness (QED) is 0.265. The summed E-state index contributed by atoms with van der Waals surface area (Å²) in [5.41, 5.74) is 2.83. The molecule has 198 valence electrons. The fourth-order valence-corrected chi connectivity index (χ4v) is 6.68. The van der Waals surface area contributed by atoms with Crippen molar-refractivity contribution in [2.75, 3.05) is 40.4 Å². The average Bonchev–Trinajstić information content (AvgIpc) is 2.97. The molecule has 2 heterocycles. The fraction of sp³-hybridized carbons (Fsp3) is 0.412. The van der Waals surface area contributed by atoms with Gasteiger partial charge in [-0.15, -0.1) is 0 Å². The van der Waals surface area contributed by atoms with E-state index in [0.717, 1.165) is 36.4 Å². The van der Waals surface area contributed by atoms with E-state index in [1.54, 1.807) is 14.2 Å². The smallest absolute Gasteiger partial charge is 0.119 e. The van der Waals surface area contributed by atoms with Gasteiger partial charge in [-0.2, -0.15) is 0 Å². The van der Waals surface area contributed by atoms with Crippen LogP contribution in [0.2, 0.25) is 0 Å². The SMILES string of the molecule is COc1ccc2cc(CN3CCC(C4CCN(Cc5ccc6ccc(OC)cc6c5)CC4)CC3)ccc2c1. The second-order valence-electron chi connectivity index (χ2n) is 11.3. The van der Waals surface area contributed by atoms with Crippen LogP contribution in [-0.2, 0) is 13.1 Å². The summed E-state index contributed by atoms with van der Waals surface area (Å²) in [6, 6.07) is 26.4. The van der Waals surface area contributed by atoms with E-state index in [9.17, 15) is 0 Å². The number of likely N-dealkylation sites (tertiary alicyclic amines) is 2. The van der Waals surface area contributed by atoms with Crippen LogP contribution in [0.1, 0.15) is 36.8 Å². The standard InChI is InChI=1S/C34H40N2O2/c1-37-33-10-8-30-19-25(4-6-31(30)21-33)23-35-15-11-28(12-16-35)29-13-17-36(18-14-29)24-26-3-5-27-7-9-34(38-2)22-32(27)20-26/h3-10,19-22,28-29H,11-18,23-24H2,1-2H3. The van der Waals surface area contributed by atoms with E-state index in [-0.39, 0.29) is 0 Å². The summed E-state index contributed by atoms with van der Waals surface area (Å²) < 4.78 is 10.8. The second-order valence-corrected chi connectivity index (χ2v) is 11.3. The summed E-state index contributed by atoms with van der Waals surface area (Å²) in [6.07, 6.45) is 5.39. The Morgan fingerprint density at radius 2 is 0.947 bits per heavy atom. The summed E-state index contributed by atoms with van der Waals surface area (Å²) in [7, 11) is 3.47. The minimum atomic E-state index is 0.893. The van der Waals surface area contributed by atoms with Crippen LogP contribution in [0.25, 0.3) is 21.5 Å². The van der Waals surface area contributed by atoms with Crippen molar-refractivity contribution >= 4 is 21.5 Å². The highest BCUT2D eigenvalue weighted by Crippen LogP contribution is 2.34. The number of nitrogens with zero attached hydrogens (tertiary/aromatic N) is 2. The van der Waals surface area contributed by atoms with Gasteiger partial charge >= 0.3 is 0 Å². The number of methoxy groups -OCH3 is 2. The van der Waals surface area contributed by atoms with Crippen LogP contribution >= 0.6 is 0 Å². The number of rotatable bonds is 7. The van der Waals surface area contributed by atoms with Crippen molar-refractivity contribution in [3.8, 4) is 11.5 Å². The number of piperidine rings is 2. The molecule has 6 rings (SSSR count). The molecular weight excluding hydrogens is 468 g/mol. The van der Waals surface area contributed by atoms with Crippen LogP contribution in [-0.4, -0.2) is 50.2 Å². The molecule has 4 aromatic carbocycles. The van der Waals surface area contributed by atoms with Gasteiger partial charge in [0.25, 0.3) is 0 Å². The molecule has 4 nitrogen and oxygen atoms in total. The number of hydrogen-bond acceptors (Lipinski definition) is 4. The normalized spacial score (nSPS) is 18.3. The molecule has 2 aliphatic rings. The van der Waals surface area contributed by atoms with E-state index in [0.29, 0.717) is 0 Å². The lowest BCUT2D eigenvalue weighted by Crippen LogP contribution is -2.40. The van der Waals surface area contributed by atoms with Gasteiger partial charge < -0.3 is 9.47 Å². The largest absolute Gasteiger partial charge is 0.497 e. The number of fused-ring (bicyclic) bond motifs is 2. The first-order chi connectivity index (χ1) is 18.7. The Hall–Kier alpha value is -3.08. The first-order valence-corrected chi connectivity index (χ1v) is 14.2. The van der Waals surface area contributed by atoms with Crippen LogP contribution in [0.15, 0.2) is 72.8 Å². The van der Waals surface area contributed by atoms with Gasteiger partial charge in [0.15, 0.2) is 0 Å². The van der Waals surface area contributed by atoms with E-state index in [4.69, 9.17) is 9.47 Å². The highest BCUT2D eigenvalue weighted by atomic mass is 16.5. The lowest BCUT2D eigenvalue weighted by molar-refractivity contribution is 0.0910. The molecule has 38 heavy (non-hydrogen) atoms. The molecule has 2 aliphatic heterocycles. The van der Waals surface area contributed by atoms with Gasteiger partial charge in [0.1, 0.15) is 11.5 Å². The van der Waals surface area contributed by atoms with Gasteiger partial charge in [0.2, 0.25) is 0 Å². The van der Waals surface area contributed by atoms with Crippen molar-refractivity contribution in [2.45, 2.75) is 38.8 Å². The number of ether oxygens (including phenoxy) is 2. The molecule has 0 atom stereocenters. The van der Waals surface area contributed by atoms with Crippen LogP contribution in [0.4, 0.5) is 0 Å². The third kappa shape index (κ3) is 5.67. The lowest BCUT2D eigenvalue weighted by atomic mass is 9.78. The zero-order valence-electron chi connectivity index (χ0n) is 22.9. The minimum Gasteiger partial charge on any atom is -0.497 e. The molecule has 0 saturated carbocycles. The predicted molar refractivity (Wildman–Crippen MR) is 157 cm³/mol. The molecule has 0 unspecified atom stereocenters. The molecule has 4 heteroatoms. The lowest BCUT2D eigenvalue weighted by Gasteiger charge is -2.40. The predicted octanol–water partition coefficient (Wildman–Crippen LogP) is 7.13. The Bertz CT molecular complexity index is 1380. The molecule has 2 fully saturated rings. The molecular formula is C34H40N2O2. The molecule has 0 N–H and O–H groups in total. The Morgan fingerprint density at radius 1 is 0.526 bits per heavy atom. The van der Waals surface area contributed by atoms with Crippen molar-refractivity contribution in [2.24, 2.45) is 11.8 Å². The monoisotopic (exact) mass is 508 g/mol. The topological polar surface area (TPSA) is 24.9 Å². The van der Waals surface area contributed by atoms with E-state index in [2.05, 4.69) is 76.5 Å². The van der Waals surface area contributed by atoms with Crippen molar-refractivity contribution in [1.82, 2.24) is 9.80 Å². The third-order valence-corrected chi connectivity index (χ3v) is 8.97. The molecule has 2 saturated heterocycles. The van der Waals surface area contributed by atoms with Crippen LogP contribution in [0.3, 0.4) is 0 Å². The highest BCUT2D eigenvalue weighted by molar-refractivity contribution is 5.85. The van der Waals surface area contributed by atoms with Gasteiger partial charge in [-0.25, -0.2) is 0 Å². The molecule has 0 radical (unpaired) electrons. The summed E-state index contributed by atoms with van der Waals surface area (Å²) in [5.74, 6) is 3.64. The van der Waals surface area contributed by atoms with Crippen molar-refractivity contribution in [1.29, 1.82) is 0 Å². The molecule has 0 aliphatic carbocycles. The fourth-order valence-electron chi connectivity index (χ4n) is 6.68. The van der Waals surface area contributed by atoms with Crippen LogP contribution in [0.5, 0.6) is 11.5 Å². The second kappa shape index (κ2) is 11.3. The van der Waals surface area contributed by atoms with Gasteiger partial charge in [0, 0.05) is 13.1 Å². The van der Waals surface area contributed by atoms with E-state index < -0.39 is 0 Å². The number of benzene rings is 4. The molecule has 0 amide bonds. The third-order valence-electron chi connectivity index (χ3n) is 8.97. The van der Waals surface area contributed by atoms with Gasteiger partial charge in [-0.1, -0.05) is 36.4 Å². The summed E-state index contributed by atoms with van der Waals surface area (Å²) in [6.45, 7) is 7.02. The Kier molecular flexibility index (Phi) is 7.53. The maximum atomic E-state index is 5.42. The van der Waals surface area contributed by atoms with Crippen LogP contribution in [0, 0.1) is 11.8 Å². The Balaban J connectivity index is 0.978. The van der Waals surface area contributed by atoms with Crippen molar-refractivity contribution in [3.63, 3.8) is 0 Å². The summed E-state index contributed by atoms with van der Waals surface area (Å²) in [5, 5.41) is 5.10. The molecule has 0 spiro atoms. The average molecular weight is 509 g/mol. The zero-order chi connectivity index (χ0) is 25.9. The van der Waals surface area contributed by atoms with Crippen molar-refractivity contribution < 1.29 is 9.47 Å². The zero-order valence-corrected chi connectivity index (χ0v) is 22.9. The summed E-state index contributed by atoms with van der Waals surface area (Å²) in [4.78, 5) is 5.31.